The molecule has 5 nitrogen and oxygen atoms in total. The topological polar surface area (TPSA) is 73.9 Å². The molecule has 0 aliphatic carbocycles. The highest BCUT2D eigenvalue weighted by atomic mass is 16.1. The molecule has 0 amide bonds. The number of rotatable bonds is 2. The van der Waals surface area contributed by atoms with Crippen molar-refractivity contribution in [2.24, 2.45) is 0 Å². The molecule has 1 N–H and O–H groups in total. The van der Waals surface area contributed by atoms with Gasteiger partial charge in [-0.1, -0.05) is 42.0 Å². The molecule has 0 unspecified atom stereocenters. The van der Waals surface area contributed by atoms with Crippen LogP contribution in [0.4, 0.5) is 0 Å². The summed E-state index contributed by atoms with van der Waals surface area (Å²) in [4.78, 5) is 12.2. The number of aromatic amines is 1. The van der Waals surface area contributed by atoms with Gasteiger partial charge in [-0.15, -0.1) is 0 Å². The van der Waals surface area contributed by atoms with Crippen LogP contribution in [0.1, 0.15) is 11.1 Å². The number of fused-ring (bicyclic) bond motifs is 1. The summed E-state index contributed by atoms with van der Waals surface area (Å²) in [5.74, 6) is 0. The average Bonchev–Trinajstić information content (AvgIpc) is 3.03. The number of aryl methyl sites for hydroxylation is 1. The van der Waals surface area contributed by atoms with Crippen molar-refractivity contribution in [3.05, 3.63) is 82.4 Å². The summed E-state index contributed by atoms with van der Waals surface area (Å²) in [5, 5.41) is 15.4. The maximum Gasteiger partial charge on any atom is 0.288 e. The van der Waals surface area contributed by atoms with Crippen LogP contribution in [0.25, 0.3) is 27.9 Å². The van der Waals surface area contributed by atoms with Gasteiger partial charge in [-0.25, -0.2) is 5.10 Å². The number of nitrogens with one attached hydrogen (secondary N) is 1. The molecule has 2 aromatic heterocycles. The third-order valence-electron chi connectivity index (χ3n) is 4.26. The predicted octanol–water partition coefficient (Wildman–Crippen LogP) is 3.54. The molecule has 0 aliphatic heterocycles. The molecule has 5 heteroatoms. The minimum atomic E-state index is -0.240. The molecule has 4 aromatic rings. The summed E-state index contributed by atoms with van der Waals surface area (Å²) in [5.41, 5.74) is 5.82. The first-order valence-electron chi connectivity index (χ1n) is 7.84. The van der Waals surface area contributed by atoms with Gasteiger partial charge in [0.25, 0.3) is 5.56 Å². The number of aromatic nitrogens is 3. The lowest BCUT2D eigenvalue weighted by Gasteiger charge is -2.08. The Morgan fingerprint density at radius 2 is 1.72 bits per heavy atom. The van der Waals surface area contributed by atoms with E-state index in [-0.39, 0.29) is 5.56 Å². The van der Waals surface area contributed by atoms with Crippen LogP contribution < -0.4 is 5.56 Å². The third-order valence-corrected chi connectivity index (χ3v) is 4.26. The van der Waals surface area contributed by atoms with Crippen LogP contribution in [0, 0.1) is 18.3 Å². The molecule has 4 rings (SSSR count). The van der Waals surface area contributed by atoms with E-state index in [1.165, 1.54) is 5.56 Å². The molecule has 0 spiro atoms. The van der Waals surface area contributed by atoms with Gasteiger partial charge in [-0.05, 0) is 36.2 Å². The molecule has 2 aromatic carbocycles. The summed E-state index contributed by atoms with van der Waals surface area (Å²) in [6.07, 6.45) is 1.61. The Morgan fingerprint density at radius 1 is 1.04 bits per heavy atom. The molecule has 2 heterocycles. The van der Waals surface area contributed by atoms with Crippen LogP contribution in [-0.2, 0) is 0 Å². The zero-order chi connectivity index (χ0) is 17.4. The molecule has 0 saturated carbocycles. The average molecular weight is 326 g/mol. The van der Waals surface area contributed by atoms with Gasteiger partial charge in [0.1, 0.15) is 11.8 Å². The maximum absolute atomic E-state index is 12.2. The van der Waals surface area contributed by atoms with E-state index in [1.54, 1.807) is 22.9 Å². The molecular weight excluding hydrogens is 312 g/mol. The molecule has 0 aliphatic rings. The molecular formula is C20H14N4O. The molecule has 0 bridgehead atoms. The highest BCUT2D eigenvalue weighted by molar-refractivity contribution is 5.86. The normalized spacial score (nSPS) is 10.7. The largest absolute Gasteiger partial charge is 0.293 e. The lowest BCUT2D eigenvalue weighted by molar-refractivity contribution is 0.923. The number of nitriles is 1. The fourth-order valence-electron chi connectivity index (χ4n) is 2.97. The molecule has 0 radical (unpaired) electrons. The summed E-state index contributed by atoms with van der Waals surface area (Å²) in [7, 11) is 0. The van der Waals surface area contributed by atoms with E-state index in [0.29, 0.717) is 11.1 Å². The summed E-state index contributed by atoms with van der Waals surface area (Å²) >= 11 is 0. The van der Waals surface area contributed by atoms with Gasteiger partial charge in [0.05, 0.1) is 17.3 Å². The first kappa shape index (κ1) is 14.9. The van der Waals surface area contributed by atoms with Crippen LogP contribution in [0.2, 0.25) is 0 Å². The van der Waals surface area contributed by atoms with Crippen molar-refractivity contribution in [1.29, 1.82) is 5.26 Å². The van der Waals surface area contributed by atoms with Crippen LogP contribution in [0.3, 0.4) is 0 Å². The predicted molar refractivity (Wildman–Crippen MR) is 96.1 cm³/mol. The highest BCUT2D eigenvalue weighted by Crippen LogP contribution is 2.34. The SMILES string of the molecule is Cc1ccc(-c2c(-c3ccc(C#N)cc3)cc3c(=O)[nH]ncn23)cc1. The van der Waals surface area contributed by atoms with Gasteiger partial charge in [0, 0.05) is 5.56 Å². The van der Waals surface area contributed by atoms with Crippen molar-refractivity contribution in [3.8, 4) is 28.5 Å². The van der Waals surface area contributed by atoms with E-state index < -0.39 is 0 Å². The van der Waals surface area contributed by atoms with Crippen LogP contribution >= 0.6 is 0 Å². The van der Waals surface area contributed by atoms with Gasteiger partial charge in [0.2, 0.25) is 0 Å². The quantitative estimate of drug-likeness (QED) is 0.612. The van der Waals surface area contributed by atoms with E-state index in [2.05, 4.69) is 16.3 Å². The fourth-order valence-corrected chi connectivity index (χ4v) is 2.97. The summed E-state index contributed by atoms with van der Waals surface area (Å²) in [6, 6.07) is 19.5. The van der Waals surface area contributed by atoms with Gasteiger partial charge in [-0.2, -0.15) is 10.4 Å². The molecule has 0 fully saturated rings. The third kappa shape index (κ3) is 2.50. The van der Waals surface area contributed by atoms with Crippen molar-refractivity contribution in [2.45, 2.75) is 6.92 Å². The second-order valence-corrected chi connectivity index (χ2v) is 5.90. The second kappa shape index (κ2) is 5.77. The number of H-pyrrole nitrogens is 1. The minimum absolute atomic E-state index is 0.240. The first-order valence-corrected chi connectivity index (χ1v) is 7.84. The van der Waals surface area contributed by atoms with Crippen molar-refractivity contribution in [3.63, 3.8) is 0 Å². The molecule has 120 valence electrons. The van der Waals surface area contributed by atoms with E-state index in [1.807, 2.05) is 49.4 Å². The molecule has 25 heavy (non-hydrogen) atoms. The Morgan fingerprint density at radius 3 is 2.40 bits per heavy atom. The smallest absolute Gasteiger partial charge is 0.288 e. The van der Waals surface area contributed by atoms with Gasteiger partial charge < -0.3 is 0 Å². The second-order valence-electron chi connectivity index (χ2n) is 5.90. The van der Waals surface area contributed by atoms with Crippen molar-refractivity contribution >= 4 is 5.52 Å². The fraction of sp³-hybridized carbons (Fsp3) is 0.0500. The highest BCUT2D eigenvalue weighted by Gasteiger charge is 2.16. The Hall–Kier alpha value is -3.65. The summed E-state index contributed by atoms with van der Waals surface area (Å²) in [6.45, 7) is 2.04. The minimum Gasteiger partial charge on any atom is -0.293 e. The number of hydrogen-bond acceptors (Lipinski definition) is 3. The standard InChI is InChI=1S/C20H14N4O/c1-13-2-6-16(7-3-13)19-17(15-8-4-14(11-21)5-9-15)10-18-20(25)23-22-12-24(18)19/h2-10,12H,1H3,(H,23,25). The van der Waals surface area contributed by atoms with Gasteiger partial charge >= 0.3 is 0 Å². The molecule has 0 atom stereocenters. The molecule has 0 saturated heterocycles. The Labute approximate surface area is 143 Å². The maximum atomic E-state index is 12.2. The Kier molecular flexibility index (Phi) is 3.44. The summed E-state index contributed by atoms with van der Waals surface area (Å²) < 4.78 is 1.80. The van der Waals surface area contributed by atoms with E-state index in [9.17, 15) is 4.79 Å². The number of benzene rings is 2. The van der Waals surface area contributed by atoms with E-state index >= 15 is 0 Å². The van der Waals surface area contributed by atoms with Crippen molar-refractivity contribution in [1.82, 2.24) is 14.6 Å². The number of nitrogens with zero attached hydrogens (tertiary/aromatic N) is 3. The van der Waals surface area contributed by atoms with Crippen LogP contribution in [-0.4, -0.2) is 14.6 Å². The van der Waals surface area contributed by atoms with Crippen molar-refractivity contribution < 1.29 is 0 Å². The van der Waals surface area contributed by atoms with Gasteiger partial charge in [-0.3, -0.25) is 9.20 Å². The lowest BCUT2D eigenvalue weighted by atomic mass is 10.00. The number of hydrogen-bond donors (Lipinski definition) is 1. The zero-order valence-corrected chi connectivity index (χ0v) is 13.5. The lowest BCUT2D eigenvalue weighted by Crippen LogP contribution is -2.10. The Balaban J connectivity index is 2.04. The monoisotopic (exact) mass is 326 g/mol. The van der Waals surface area contributed by atoms with Crippen LogP contribution in [0.5, 0.6) is 0 Å². The van der Waals surface area contributed by atoms with E-state index in [0.717, 1.165) is 22.4 Å². The van der Waals surface area contributed by atoms with Crippen LogP contribution in [0.15, 0.2) is 65.7 Å². The van der Waals surface area contributed by atoms with Crippen molar-refractivity contribution in [2.75, 3.05) is 0 Å². The Bertz CT molecular complexity index is 1160. The zero-order valence-electron chi connectivity index (χ0n) is 13.5. The van der Waals surface area contributed by atoms with E-state index in [4.69, 9.17) is 5.26 Å². The van der Waals surface area contributed by atoms with Gasteiger partial charge in [0.15, 0.2) is 0 Å². The first-order chi connectivity index (χ1) is 12.2.